The zero-order valence-corrected chi connectivity index (χ0v) is 8.46. The molecule has 0 aliphatic carbocycles. The van der Waals surface area contributed by atoms with E-state index in [1.54, 1.807) is 0 Å². The Labute approximate surface area is 84.2 Å². The zero-order chi connectivity index (χ0) is 9.60. The van der Waals surface area contributed by atoms with Gasteiger partial charge in [-0.25, -0.2) is 5.01 Å². The van der Waals surface area contributed by atoms with Crippen molar-refractivity contribution in [1.82, 2.24) is 15.3 Å². The van der Waals surface area contributed by atoms with Crippen LogP contribution in [0.15, 0.2) is 0 Å². The molecule has 0 aromatic heterocycles. The molecule has 0 radical (unpaired) electrons. The Balaban J connectivity index is 1.85. The van der Waals surface area contributed by atoms with Gasteiger partial charge in [0.25, 0.3) is 0 Å². The van der Waals surface area contributed by atoms with Gasteiger partial charge in [-0.1, -0.05) is 0 Å². The molecule has 1 spiro atoms. The first-order valence-corrected chi connectivity index (χ1v) is 5.59. The van der Waals surface area contributed by atoms with E-state index in [1.807, 2.05) is 5.01 Å². The van der Waals surface area contributed by atoms with Crippen LogP contribution in [0.3, 0.4) is 0 Å². The number of rotatable bonds is 0. The van der Waals surface area contributed by atoms with Crippen LogP contribution in [0.1, 0.15) is 19.3 Å². The molecule has 0 unspecified atom stereocenters. The summed E-state index contributed by atoms with van der Waals surface area (Å²) in [6, 6.07) is 0. The number of fused-ring (bicyclic) bond motifs is 1. The van der Waals surface area contributed by atoms with Gasteiger partial charge in [0, 0.05) is 19.6 Å². The molecule has 14 heavy (non-hydrogen) atoms. The molecule has 3 rings (SSSR count). The fraction of sp³-hybridized carbons (Fsp3) is 0.900. The number of hydrogen-bond acceptors (Lipinski definition) is 3. The van der Waals surface area contributed by atoms with Gasteiger partial charge in [-0.2, -0.15) is 0 Å². The highest BCUT2D eigenvalue weighted by Gasteiger charge is 2.52. The van der Waals surface area contributed by atoms with E-state index in [9.17, 15) is 4.79 Å². The van der Waals surface area contributed by atoms with Gasteiger partial charge in [0.15, 0.2) is 0 Å². The van der Waals surface area contributed by atoms with Crippen molar-refractivity contribution in [2.45, 2.75) is 19.3 Å². The van der Waals surface area contributed by atoms with Gasteiger partial charge in [0.2, 0.25) is 5.91 Å². The maximum Gasteiger partial charge on any atom is 0.244 e. The number of piperidine rings is 1. The quantitative estimate of drug-likeness (QED) is 0.582. The lowest BCUT2D eigenvalue weighted by molar-refractivity contribution is -0.140. The van der Waals surface area contributed by atoms with Crippen molar-refractivity contribution in [3.63, 3.8) is 0 Å². The summed E-state index contributed by atoms with van der Waals surface area (Å²) in [6.07, 6.45) is 3.21. The first kappa shape index (κ1) is 8.68. The van der Waals surface area contributed by atoms with Crippen molar-refractivity contribution >= 4 is 5.91 Å². The van der Waals surface area contributed by atoms with Gasteiger partial charge in [0.1, 0.15) is 0 Å². The van der Waals surface area contributed by atoms with Crippen molar-refractivity contribution < 1.29 is 4.79 Å². The fourth-order valence-corrected chi connectivity index (χ4v) is 3.03. The van der Waals surface area contributed by atoms with Crippen LogP contribution >= 0.6 is 0 Å². The second kappa shape index (κ2) is 2.94. The van der Waals surface area contributed by atoms with E-state index in [1.165, 1.54) is 0 Å². The van der Waals surface area contributed by atoms with Crippen molar-refractivity contribution in [1.29, 1.82) is 0 Å². The average Bonchev–Trinajstić information content (AvgIpc) is 2.73. The van der Waals surface area contributed by atoms with E-state index in [2.05, 4.69) is 10.3 Å². The first-order chi connectivity index (χ1) is 6.82. The zero-order valence-electron chi connectivity index (χ0n) is 8.46. The Bertz CT molecular complexity index is 260. The van der Waals surface area contributed by atoms with E-state index >= 15 is 0 Å². The Morgan fingerprint density at radius 2 is 2.00 bits per heavy atom. The van der Waals surface area contributed by atoms with E-state index in [4.69, 9.17) is 0 Å². The minimum absolute atomic E-state index is 0.0222. The fourth-order valence-electron chi connectivity index (χ4n) is 3.03. The Kier molecular flexibility index (Phi) is 1.82. The first-order valence-electron chi connectivity index (χ1n) is 5.59. The number of nitrogens with zero attached hydrogens (tertiary/aromatic N) is 2. The molecule has 3 heterocycles. The summed E-state index contributed by atoms with van der Waals surface area (Å²) >= 11 is 0. The third-order valence-corrected chi connectivity index (χ3v) is 3.86. The van der Waals surface area contributed by atoms with Gasteiger partial charge in [-0.05, 0) is 32.4 Å². The van der Waals surface area contributed by atoms with Crippen molar-refractivity contribution in [3.05, 3.63) is 0 Å². The Morgan fingerprint density at radius 1 is 1.21 bits per heavy atom. The largest absolute Gasteiger partial charge is 0.317 e. The SMILES string of the molecule is O=C1N2CCCN2CC12CCNCC2. The van der Waals surface area contributed by atoms with Crippen LogP contribution in [-0.4, -0.2) is 48.6 Å². The molecule has 0 bridgehead atoms. The van der Waals surface area contributed by atoms with E-state index in [0.29, 0.717) is 5.91 Å². The van der Waals surface area contributed by atoms with Crippen LogP contribution in [0, 0.1) is 5.41 Å². The van der Waals surface area contributed by atoms with Gasteiger partial charge in [0.05, 0.1) is 5.41 Å². The van der Waals surface area contributed by atoms with E-state index in [-0.39, 0.29) is 5.41 Å². The molecular weight excluding hydrogens is 178 g/mol. The van der Waals surface area contributed by atoms with Crippen LogP contribution in [0.5, 0.6) is 0 Å². The third-order valence-electron chi connectivity index (χ3n) is 3.86. The van der Waals surface area contributed by atoms with Crippen LogP contribution in [-0.2, 0) is 4.79 Å². The molecule has 3 aliphatic rings. The number of nitrogens with one attached hydrogen (secondary N) is 1. The summed E-state index contributed by atoms with van der Waals surface area (Å²) < 4.78 is 0. The Hall–Kier alpha value is -0.610. The number of amides is 1. The molecule has 1 N–H and O–H groups in total. The lowest BCUT2D eigenvalue weighted by atomic mass is 9.79. The van der Waals surface area contributed by atoms with Gasteiger partial charge in [-0.3, -0.25) is 9.80 Å². The minimum atomic E-state index is -0.0222. The molecular formula is C10H17N3O. The normalized spacial score (nSPS) is 31.4. The smallest absolute Gasteiger partial charge is 0.244 e. The number of hydrazine groups is 1. The molecule has 78 valence electrons. The number of hydrogen-bond donors (Lipinski definition) is 1. The van der Waals surface area contributed by atoms with Gasteiger partial charge < -0.3 is 5.32 Å². The summed E-state index contributed by atoms with van der Waals surface area (Å²) in [5, 5.41) is 7.58. The van der Waals surface area contributed by atoms with Crippen LogP contribution in [0.2, 0.25) is 0 Å². The molecule has 3 saturated heterocycles. The summed E-state index contributed by atoms with van der Waals surface area (Å²) in [5.74, 6) is 0.400. The molecule has 0 aromatic carbocycles. The standard InChI is InChI=1S/C10H17N3O/c14-9-10(2-4-11-5-3-10)8-12-6-1-7-13(9)12/h11H,1-8H2. The maximum absolute atomic E-state index is 12.2. The molecule has 4 nitrogen and oxygen atoms in total. The minimum Gasteiger partial charge on any atom is -0.317 e. The van der Waals surface area contributed by atoms with Crippen LogP contribution in [0.25, 0.3) is 0 Å². The lowest BCUT2D eigenvalue weighted by Crippen LogP contribution is -2.43. The van der Waals surface area contributed by atoms with Crippen molar-refractivity contribution in [3.8, 4) is 0 Å². The summed E-state index contributed by atoms with van der Waals surface area (Å²) in [6.45, 7) is 5.03. The average molecular weight is 195 g/mol. The van der Waals surface area contributed by atoms with Gasteiger partial charge in [-0.15, -0.1) is 0 Å². The predicted molar refractivity (Wildman–Crippen MR) is 52.4 cm³/mol. The molecule has 0 saturated carbocycles. The molecule has 1 amide bonds. The summed E-state index contributed by atoms with van der Waals surface area (Å²) in [7, 11) is 0. The molecule has 4 heteroatoms. The molecule has 0 aromatic rings. The summed E-state index contributed by atoms with van der Waals surface area (Å²) in [4.78, 5) is 12.2. The second-order valence-electron chi connectivity index (χ2n) is 4.70. The highest BCUT2D eigenvalue weighted by Crippen LogP contribution is 2.39. The second-order valence-corrected chi connectivity index (χ2v) is 4.70. The predicted octanol–water partition coefficient (Wildman–Crippen LogP) is -0.181. The number of carbonyl (C=O) groups is 1. The third kappa shape index (κ3) is 1.04. The van der Waals surface area contributed by atoms with E-state index in [0.717, 1.165) is 52.0 Å². The Morgan fingerprint density at radius 3 is 2.71 bits per heavy atom. The van der Waals surface area contributed by atoms with Crippen LogP contribution < -0.4 is 5.32 Å². The molecule has 3 fully saturated rings. The van der Waals surface area contributed by atoms with Crippen molar-refractivity contribution in [2.24, 2.45) is 5.41 Å². The molecule has 3 aliphatic heterocycles. The van der Waals surface area contributed by atoms with E-state index < -0.39 is 0 Å². The number of carbonyl (C=O) groups excluding carboxylic acids is 1. The lowest BCUT2D eigenvalue weighted by Gasteiger charge is -2.31. The van der Waals surface area contributed by atoms with Crippen LogP contribution in [0.4, 0.5) is 0 Å². The maximum atomic E-state index is 12.2. The highest BCUT2D eigenvalue weighted by atomic mass is 16.2. The van der Waals surface area contributed by atoms with Crippen molar-refractivity contribution in [2.75, 3.05) is 32.7 Å². The molecule has 0 atom stereocenters. The summed E-state index contributed by atoms with van der Waals surface area (Å²) in [5.41, 5.74) is -0.0222. The van der Waals surface area contributed by atoms with Gasteiger partial charge >= 0.3 is 0 Å². The highest BCUT2D eigenvalue weighted by molar-refractivity contribution is 5.85. The monoisotopic (exact) mass is 195 g/mol. The topological polar surface area (TPSA) is 35.6 Å².